The van der Waals surface area contributed by atoms with Crippen molar-refractivity contribution in [1.29, 1.82) is 0 Å². The Balaban J connectivity index is 1.66. The summed E-state index contributed by atoms with van der Waals surface area (Å²) in [5.74, 6) is -0.707. The van der Waals surface area contributed by atoms with Crippen LogP contribution in [-0.4, -0.2) is 61.9 Å². The SMILES string of the molecule is Cc1c(CC(=O)O)cc2ccc(F)cc2c1Oc1ccc(S(=O)(=O)N2CCN(C)CC2)cc1. The van der Waals surface area contributed by atoms with Crippen LogP contribution in [0.25, 0.3) is 10.8 Å². The van der Waals surface area contributed by atoms with E-state index < -0.39 is 21.8 Å². The molecule has 0 unspecified atom stereocenters. The van der Waals surface area contributed by atoms with Gasteiger partial charge in [-0.3, -0.25) is 4.79 Å². The summed E-state index contributed by atoms with van der Waals surface area (Å²) in [6, 6.07) is 12.0. The molecule has 0 saturated carbocycles. The van der Waals surface area contributed by atoms with Gasteiger partial charge in [0.2, 0.25) is 10.0 Å². The van der Waals surface area contributed by atoms with Crippen LogP contribution in [0.4, 0.5) is 4.39 Å². The lowest BCUT2D eigenvalue weighted by Crippen LogP contribution is -2.46. The minimum atomic E-state index is -3.61. The predicted molar refractivity (Wildman–Crippen MR) is 123 cm³/mol. The van der Waals surface area contributed by atoms with Crippen molar-refractivity contribution >= 4 is 26.8 Å². The van der Waals surface area contributed by atoms with Crippen LogP contribution in [0.5, 0.6) is 11.5 Å². The Hall–Kier alpha value is -3.01. The zero-order chi connectivity index (χ0) is 23.8. The van der Waals surface area contributed by atoms with E-state index in [0.29, 0.717) is 59.6 Å². The quantitative estimate of drug-likeness (QED) is 0.590. The number of likely N-dealkylation sites (N-methyl/N-ethyl adjacent to an activating group) is 1. The molecule has 1 N–H and O–H groups in total. The molecule has 0 radical (unpaired) electrons. The number of halogens is 1. The topological polar surface area (TPSA) is 87.1 Å². The smallest absolute Gasteiger partial charge is 0.307 e. The summed E-state index contributed by atoms with van der Waals surface area (Å²) in [5, 5.41) is 10.4. The molecule has 174 valence electrons. The fourth-order valence-electron chi connectivity index (χ4n) is 3.95. The average Bonchev–Trinajstić information content (AvgIpc) is 2.77. The van der Waals surface area contributed by atoms with Gasteiger partial charge in [-0.15, -0.1) is 0 Å². The normalized spacial score (nSPS) is 15.6. The summed E-state index contributed by atoms with van der Waals surface area (Å²) in [7, 11) is -1.65. The molecular formula is C24H25FN2O5S. The van der Waals surface area contributed by atoms with E-state index in [4.69, 9.17) is 4.74 Å². The number of nitrogens with zero attached hydrogens (tertiary/aromatic N) is 2. The van der Waals surface area contributed by atoms with Gasteiger partial charge in [-0.25, -0.2) is 12.8 Å². The van der Waals surface area contributed by atoms with Crippen molar-refractivity contribution < 1.29 is 27.4 Å². The Kier molecular flexibility index (Phi) is 6.38. The number of benzene rings is 3. The summed E-state index contributed by atoms with van der Waals surface area (Å²) < 4.78 is 47.4. The van der Waals surface area contributed by atoms with E-state index in [2.05, 4.69) is 4.90 Å². The zero-order valence-electron chi connectivity index (χ0n) is 18.4. The van der Waals surface area contributed by atoms with Crippen LogP contribution in [-0.2, 0) is 21.2 Å². The minimum Gasteiger partial charge on any atom is -0.481 e. The lowest BCUT2D eigenvalue weighted by atomic mass is 9.98. The molecule has 9 heteroatoms. The summed E-state index contributed by atoms with van der Waals surface area (Å²) in [4.78, 5) is 13.5. The van der Waals surface area contributed by atoms with Gasteiger partial charge >= 0.3 is 5.97 Å². The predicted octanol–water partition coefficient (Wildman–Crippen LogP) is 3.64. The van der Waals surface area contributed by atoms with Gasteiger partial charge in [0.1, 0.15) is 17.3 Å². The first kappa shape index (κ1) is 23.2. The highest BCUT2D eigenvalue weighted by atomic mass is 32.2. The number of aliphatic carboxylic acids is 1. The molecule has 1 aliphatic rings. The van der Waals surface area contributed by atoms with Gasteiger partial charge in [0.25, 0.3) is 0 Å². The molecule has 1 saturated heterocycles. The monoisotopic (exact) mass is 472 g/mol. The number of hydrogen-bond acceptors (Lipinski definition) is 5. The molecule has 3 aromatic carbocycles. The van der Waals surface area contributed by atoms with Crippen LogP contribution in [0.2, 0.25) is 0 Å². The summed E-state index contributed by atoms with van der Waals surface area (Å²) >= 11 is 0. The first-order valence-electron chi connectivity index (χ1n) is 10.6. The van der Waals surface area contributed by atoms with Crippen molar-refractivity contribution in [3.05, 3.63) is 65.5 Å². The Morgan fingerprint density at radius 3 is 2.36 bits per heavy atom. The first-order valence-corrected chi connectivity index (χ1v) is 12.0. The summed E-state index contributed by atoms with van der Waals surface area (Å²) in [6.45, 7) is 3.95. The third-order valence-electron chi connectivity index (χ3n) is 5.90. The molecular weight excluding hydrogens is 447 g/mol. The average molecular weight is 473 g/mol. The van der Waals surface area contributed by atoms with Crippen molar-refractivity contribution in [1.82, 2.24) is 9.21 Å². The molecule has 0 atom stereocenters. The Morgan fingerprint density at radius 2 is 1.73 bits per heavy atom. The van der Waals surface area contributed by atoms with E-state index >= 15 is 0 Å². The molecule has 3 aromatic rings. The van der Waals surface area contributed by atoms with Gasteiger partial charge in [0.05, 0.1) is 11.3 Å². The van der Waals surface area contributed by atoms with E-state index in [1.54, 1.807) is 31.2 Å². The number of carboxylic acids is 1. The molecule has 0 aliphatic carbocycles. The molecule has 33 heavy (non-hydrogen) atoms. The van der Waals surface area contributed by atoms with Crippen molar-refractivity contribution in [3.63, 3.8) is 0 Å². The Bertz CT molecular complexity index is 1300. The largest absolute Gasteiger partial charge is 0.481 e. The van der Waals surface area contributed by atoms with Crippen LogP contribution in [0.15, 0.2) is 53.4 Å². The summed E-state index contributed by atoms with van der Waals surface area (Å²) in [6.07, 6.45) is -0.197. The van der Waals surface area contributed by atoms with E-state index in [1.165, 1.54) is 28.6 Å². The molecule has 0 bridgehead atoms. The molecule has 0 spiro atoms. The second-order valence-corrected chi connectivity index (χ2v) is 10.1. The van der Waals surface area contributed by atoms with Crippen LogP contribution in [0.3, 0.4) is 0 Å². The highest BCUT2D eigenvalue weighted by molar-refractivity contribution is 7.89. The fraction of sp³-hybridized carbons (Fsp3) is 0.292. The van der Waals surface area contributed by atoms with Crippen LogP contribution >= 0.6 is 0 Å². The second kappa shape index (κ2) is 9.09. The van der Waals surface area contributed by atoms with E-state index in [9.17, 15) is 22.7 Å². The fourth-order valence-corrected chi connectivity index (χ4v) is 5.37. The highest BCUT2D eigenvalue weighted by Gasteiger charge is 2.27. The Labute approximate surface area is 192 Å². The van der Waals surface area contributed by atoms with Gasteiger partial charge < -0.3 is 14.7 Å². The van der Waals surface area contributed by atoms with Gasteiger partial charge in [0, 0.05) is 31.6 Å². The third kappa shape index (κ3) is 4.85. The maximum absolute atomic E-state index is 14.0. The number of ether oxygens (including phenoxy) is 1. The van der Waals surface area contributed by atoms with Gasteiger partial charge in [-0.2, -0.15) is 4.31 Å². The number of carbonyl (C=O) groups is 1. The number of hydrogen-bond donors (Lipinski definition) is 1. The molecule has 0 amide bonds. The molecule has 1 heterocycles. The van der Waals surface area contributed by atoms with Gasteiger partial charge in [0.15, 0.2) is 0 Å². The Morgan fingerprint density at radius 1 is 1.06 bits per heavy atom. The number of piperazine rings is 1. The van der Waals surface area contributed by atoms with Gasteiger partial charge in [-0.1, -0.05) is 12.1 Å². The van der Waals surface area contributed by atoms with E-state index in [0.717, 1.165) is 0 Å². The number of rotatable bonds is 6. The van der Waals surface area contributed by atoms with Crippen molar-refractivity contribution in [2.24, 2.45) is 0 Å². The first-order chi connectivity index (χ1) is 15.6. The zero-order valence-corrected chi connectivity index (χ0v) is 19.2. The minimum absolute atomic E-state index is 0.173. The maximum atomic E-state index is 14.0. The molecule has 4 rings (SSSR count). The number of sulfonamides is 1. The van der Waals surface area contributed by atoms with Crippen LogP contribution < -0.4 is 4.74 Å². The highest BCUT2D eigenvalue weighted by Crippen LogP contribution is 2.36. The maximum Gasteiger partial charge on any atom is 0.307 e. The van der Waals surface area contributed by atoms with Crippen LogP contribution in [0.1, 0.15) is 11.1 Å². The van der Waals surface area contributed by atoms with E-state index in [1.807, 2.05) is 7.05 Å². The number of fused-ring (bicyclic) bond motifs is 1. The molecule has 7 nitrogen and oxygen atoms in total. The van der Waals surface area contributed by atoms with Crippen molar-refractivity contribution in [3.8, 4) is 11.5 Å². The molecule has 0 aromatic heterocycles. The number of carboxylic acid groups (broad SMARTS) is 1. The van der Waals surface area contributed by atoms with E-state index in [-0.39, 0.29) is 11.3 Å². The lowest BCUT2D eigenvalue weighted by Gasteiger charge is -2.31. The van der Waals surface area contributed by atoms with Crippen molar-refractivity contribution in [2.75, 3.05) is 33.2 Å². The lowest BCUT2D eigenvalue weighted by molar-refractivity contribution is -0.136. The second-order valence-electron chi connectivity index (χ2n) is 8.21. The van der Waals surface area contributed by atoms with Gasteiger partial charge in [-0.05, 0) is 66.9 Å². The molecule has 1 fully saturated rings. The van der Waals surface area contributed by atoms with Crippen molar-refractivity contribution in [2.45, 2.75) is 18.2 Å². The van der Waals surface area contributed by atoms with Crippen LogP contribution in [0, 0.1) is 12.7 Å². The summed E-state index contributed by atoms with van der Waals surface area (Å²) in [5.41, 5.74) is 1.15. The molecule has 1 aliphatic heterocycles. The standard InChI is InChI=1S/C24H25FN2O5S/c1-16-18(14-23(28)29)13-17-3-4-19(25)15-22(17)24(16)32-20-5-7-21(8-6-20)33(30,31)27-11-9-26(2)10-12-27/h3-8,13,15H,9-12,14H2,1-2H3,(H,28,29). The third-order valence-corrected chi connectivity index (χ3v) is 7.81.